The van der Waals surface area contributed by atoms with Crippen LogP contribution in [0.5, 0.6) is 0 Å². The van der Waals surface area contributed by atoms with E-state index in [9.17, 15) is 26.0 Å². The zero-order valence-electron chi connectivity index (χ0n) is 7.98. The number of halogens is 4. The van der Waals surface area contributed by atoms with Gasteiger partial charge in [-0.25, -0.2) is 0 Å². The molecule has 1 aromatic carbocycles. The topological polar surface area (TPSA) is 54.4 Å². The van der Waals surface area contributed by atoms with Gasteiger partial charge in [0.2, 0.25) is 0 Å². The van der Waals surface area contributed by atoms with Gasteiger partial charge in [0.15, 0.2) is 0 Å². The van der Waals surface area contributed by atoms with Gasteiger partial charge < -0.3 is 0 Å². The molecule has 0 spiro atoms. The van der Waals surface area contributed by atoms with Crippen molar-refractivity contribution in [3.63, 3.8) is 0 Å². The van der Waals surface area contributed by atoms with E-state index < -0.39 is 32.4 Å². The number of alkyl halides is 4. The van der Waals surface area contributed by atoms with Gasteiger partial charge in [0.25, 0.3) is 0 Å². The predicted molar refractivity (Wildman–Crippen MR) is 53.7 cm³/mol. The Kier molecular flexibility index (Phi) is 3.75. The molecule has 0 aliphatic rings. The zero-order valence-corrected chi connectivity index (χ0v) is 9.61. The fraction of sp³-hybridized carbons (Fsp3) is 0.250. The minimum Gasteiger partial charge on any atom is -0.281 e. The molecule has 0 saturated heterocycles. The van der Waals surface area contributed by atoms with Crippen LogP contribution in [0, 0.1) is 0 Å². The summed E-state index contributed by atoms with van der Waals surface area (Å²) in [5.74, 6) is 0. The summed E-state index contributed by atoms with van der Waals surface area (Å²) in [6, 6.07) is 6.34. The van der Waals surface area contributed by atoms with Gasteiger partial charge >= 0.3 is 20.6 Å². The Bertz CT molecular complexity index is 487. The highest BCUT2D eigenvalue weighted by Gasteiger charge is 2.66. The fourth-order valence-corrected chi connectivity index (χ4v) is 2.30. The maximum atomic E-state index is 13.1. The number of hydrogen-bond acceptors (Lipinski definition) is 3. The first-order chi connectivity index (χ1) is 7.58. The first-order valence-electron chi connectivity index (χ1n) is 4.04. The van der Waals surface area contributed by atoms with Crippen molar-refractivity contribution in [1.29, 1.82) is 0 Å². The molecule has 1 aromatic rings. The highest BCUT2D eigenvalue weighted by atomic mass is 32.2. The smallest absolute Gasteiger partial charge is 0.281 e. The van der Waals surface area contributed by atoms with Crippen LogP contribution < -0.4 is 0 Å². The van der Waals surface area contributed by atoms with Crippen LogP contribution in [-0.4, -0.2) is 23.5 Å². The first kappa shape index (κ1) is 14.3. The molecule has 0 aliphatic carbocycles. The van der Waals surface area contributed by atoms with Crippen molar-refractivity contribution in [3.8, 4) is 0 Å². The van der Waals surface area contributed by atoms with Gasteiger partial charge in [-0.15, -0.1) is 0 Å². The molecule has 0 radical (unpaired) electrons. The molecule has 3 nitrogen and oxygen atoms in total. The van der Waals surface area contributed by atoms with Crippen LogP contribution >= 0.6 is 11.8 Å². The van der Waals surface area contributed by atoms with Gasteiger partial charge in [0.1, 0.15) is 0 Å². The van der Waals surface area contributed by atoms with Crippen molar-refractivity contribution in [1.82, 2.24) is 0 Å². The van der Waals surface area contributed by atoms with Crippen molar-refractivity contribution in [2.45, 2.75) is 15.4 Å². The summed E-state index contributed by atoms with van der Waals surface area (Å²) < 4.78 is 80.2. The second kappa shape index (κ2) is 4.46. The van der Waals surface area contributed by atoms with E-state index in [0.29, 0.717) is 0 Å². The van der Waals surface area contributed by atoms with Crippen molar-refractivity contribution in [3.05, 3.63) is 30.3 Å². The standard InChI is InChI=1S/C8H6F4O3S2/c9-7(10,8(11,12)17(13,14)15)16-6-4-2-1-3-5-6/h1-5H,(H,13,14,15). The third-order valence-corrected chi connectivity index (χ3v) is 3.71. The van der Waals surface area contributed by atoms with Crippen LogP contribution in [0.4, 0.5) is 17.6 Å². The third-order valence-electron chi connectivity index (χ3n) is 1.65. The second-order valence-corrected chi connectivity index (χ2v) is 5.57. The summed E-state index contributed by atoms with van der Waals surface area (Å²) >= 11 is -0.643. The lowest BCUT2D eigenvalue weighted by Crippen LogP contribution is -2.44. The maximum Gasteiger partial charge on any atom is 0.442 e. The van der Waals surface area contributed by atoms with E-state index in [1.54, 1.807) is 0 Å². The Hall–Kier alpha value is -0.800. The summed E-state index contributed by atoms with van der Waals surface area (Å²) in [6.45, 7) is 0. The predicted octanol–water partition coefficient (Wildman–Crippen LogP) is 2.85. The van der Waals surface area contributed by atoms with Crippen LogP contribution in [0.1, 0.15) is 0 Å². The third kappa shape index (κ3) is 2.90. The molecule has 0 heterocycles. The maximum absolute atomic E-state index is 13.1. The van der Waals surface area contributed by atoms with Crippen LogP contribution in [0.2, 0.25) is 0 Å². The van der Waals surface area contributed by atoms with Crippen LogP contribution in [0.3, 0.4) is 0 Å². The molecule has 0 amide bonds. The molecule has 0 saturated carbocycles. The molecule has 0 fully saturated rings. The monoisotopic (exact) mass is 290 g/mol. The minimum atomic E-state index is -6.18. The zero-order chi connectivity index (χ0) is 13.3. The summed E-state index contributed by atoms with van der Waals surface area (Å²) in [5.41, 5.74) is 0. The van der Waals surface area contributed by atoms with E-state index in [1.165, 1.54) is 18.2 Å². The van der Waals surface area contributed by atoms with Crippen molar-refractivity contribution in [2.24, 2.45) is 0 Å². The van der Waals surface area contributed by atoms with E-state index in [1.807, 2.05) is 0 Å². The normalized spacial score (nSPS) is 13.7. The van der Waals surface area contributed by atoms with Gasteiger partial charge in [-0.3, -0.25) is 4.55 Å². The van der Waals surface area contributed by atoms with E-state index in [0.717, 1.165) is 12.1 Å². The minimum absolute atomic E-state index is 0.249. The molecule has 0 aromatic heterocycles. The lowest BCUT2D eigenvalue weighted by Gasteiger charge is -2.22. The van der Waals surface area contributed by atoms with E-state index in [2.05, 4.69) is 0 Å². The fourth-order valence-electron chi connectivity index (χ4n) is 0.846. The number of rotatable bonds is 4. The molecule has 1 N–H and O–H groups in total. The summed E-state index contributed by atoms with van der Waals surface area (Å²) in [6.07, 6.45) is 0. The molecular weight excluding hydrogens is 284 g/mol. The lowest BCUT2D eigenvalue weighted by molar-refractivity contribution is -0.0946. The Morgan fingerprint density at radius 3 is 1.94 bits per heavy atom. The molecule has 0 unspecified atom stereocenters. The molecule has 96 valence electrons. The van der Waals surface area contributed by atoms with Crippen LogP contribution in [0.25, 0.3) is 0 Å². The van der Waals surface area contributed by atoms with Gasteiger partial charge in [-0.2, -0.15) is 26.0 Å². The number of benzene rings is 1. The Morgan fingerprint density at radius 1 is 1.06 bits per heavy atom. The Labute approximate surface area is 98.6 Å². The van der Waals surface area contributed by atoms with Gasteiger partial charge in [0, 0.05) is 4.90 Å². The molecular formula is C8H6F4O3S2. The SMILES string of the molecule is O=S(=O)(O)C(F)(F)C(F)(F)Sc1ccccc1. The van der Waals surface area contributed by atoms with Gasteiger partial charge in [0.05, 0.1) is 0 Å². The lowest BCUT2D eigenvalue weighted by atomic mass is 10.4. The van der Waals surface area contributed by atoms with E-state index in [-0.39, 0.29) is 4.90 Å². The molecule has 0 bridgehead atoms. The van der Waals surface area contributed by atoms with Crippen LogP contribution in [0.15, 0.2) is 35.2 Å². The Balaban J connectivity index is 3.05. The highest BCUT2D eigenvalue weighted by molar-refractivity contribution is 8.01. The molecule has 17 heavy (non-hydrogen) atoms. The average Bonchev–Trinajstić information content (AvgIpc) is 2.16. The highest BCUT2D eigenvalue weighted by Crippen LogP contribution is 2.48. The van der Waals surface area contributed by atoms with Gasteiger partial charge in [-0.1, -0.05) is 18.2 Å². The van der Waals surface area contributed by atoms with Crippen LogP contribution in [-0.2, 0) is 10.1 Å². The van der Waals surface area contributed by atoms with E-state index >= 15 is 0 Å². The molecule has 1 rings (SSSR count). The number of hydrogen-bond donors (Lipinski definition) is 1. The summed E-state index contributed by atoms with van der Waals surface area (Å²) in [4.78, 5) is -0.249. The van der Waals surface area contributed by atoms with Crippen molar-refractivity contribution >= 4 is 21.9 Å². The van der Waals surface area contributed by atoms with E-state index in [4.69, 9.17) is 4.55 Å². The molecule has 0 aliphatic heterocycles. The molecule has 0 atom stereocenters. The second-order valence-electron chi connectivity index (χ2n) is 2.92. The number of thioether (sulfide) groups is 1. The molecule has 9 heteroatoms. The van der Waals surface area contributed by atoms with Crippen molar-refractivity contribution in [2.75, 3.05) is 0 Å². The quantitative estimate of drug-likeness (QED) is 0.526. The summed E-state index contributed by atoms with van der Waals surface area (Å²) in [5, 5.41) is -10.5. The van der Waals surface area contributed by atoms with Gasteiger partial charge in [-0.05, 0) is 23.9 Å². The Morgan fingerprint density at radius 2 is 1.53 bits per heavy atom. The largest absolute Gasteiger partial charge is 0.442 e. The average molecular weight is 290 g/mol. The van der Waals surface area contributed by atoms with Crippen molar-refractivity contribution < 1.29 is 30.5 Å². The first-order valence-corrected chi connectivity index (χ1v) is 6.30. The summed E-state index contributed by atoms with van der Waals surface area (Å²) in [7, 11) is -6.18.